The maximum Gasteiger partial charge on any atom is 0.387 e. The lowest BCUT2D eigenvalue weighted by Crippen LogP contribution is -2.35. The zero-order chi connectivity index (χ0) is 20.0. The SMILES string of the molecule is COc1ccc(CNC(=O)C(C)Oc2ccc(Cl)c(C)c2)cc1OC(F)F. The molecule has 0 heterocycles. The van der Waals surface area contributed by atoms with Crippen LogP contribution in [0.4, 0.5) is 8.78 Å². The van der Waals surface area contributed by atoms with Crippen LogP contribution >= 0.6 is 11.6 Å². The Bertz CT molecular complexity index is 801. The molecule has 1 unspecified atom stereocenters. The van der Waals surface area contributed by atoms with Crippen LogP contribution in [0.15, 0.2) is 36.4 Å². The average molecular weight is 400 g/mol. The van der Waals surface area contributed by atoms with Gasteiger partial charge in [-0.25, -0.2) is 0 Å². The predicted molar refractivity (Wildman–Crippen MR) is 97.8 cm³/mol. The summed E-state index contributed by atoms with van der Waals surface area (Å²) in [6.07, 6.45) is -0.749. The van der Waals surface area contributed by atoms with E-state index in [2.05, 4.69) is 10.1 Å². The predicted octanol–water partition coefficient (Wildman–Crippen LogP) is 4.34. The zero-order valence-corrected chi connectivity index (χ0v) is 15.8. The summed E-state index contributed by atoms with van der Waals surface area (Å²) >= 11 is 5.96. The van der Waals surface area contributed by atoms with E-state index >= 15 is 0 Å². The summed E-state index contributed by atoms with van der Waals surface area (Å²) in [6.45, 7) is 0.594. The summed E-state index contributed by atoms with van der Waals surface area (Å²) in [5, 5.41) is 3.30. The van der Waals surface area contributed by atoms with E-state index < -0.39 is 12.7 Å². The number of alkyl halides is 2. The number of halogens is 3. The Labute approximate surface area is 161 Å². The summed E-state index contributed by atoms with van der Waals surface area (Å²) in [5.74, 6) is 0.256. The fraction of sp³-hybridized carbons (Fsp3) is 0.316. The quantitative estimate of drug-likeness (QED) is 0.717. The second kappa shape index (κ2) is 9.41. The van der Waals surface area contributed by atoms with Crippen molar-refractivity contribution in [3.63, 3.8) is 0 Å². The minimum atomic E-state index is -2.97. The molecule has 0 aliphatic carbocycles. The molecule has 27 heavy (non-hydrogen) atoms. The van der Waals surface area contributed by atoms with E-state index in [1.165, 1.54) is 19.2 Å². The van der Waals surface area contributed by atoms with Gasteiger partial charge in [-0.05, 0) is 55.3 Å². The Hall–Kier alpha value is -2.54. The number of amides is 1. The monoisotopic (exact) mass is 399 g/mol. The smallest absolute Gasteiger partial charge is 0.387 e. The molecule has 2 rings (SSSR count). The highest BCUT2D eigenvalue weighted by Crippen LogP contribution is 2.29. The van der Waals surface area contributed by atoms with E-state index in [0.717, 1.165) is 5.56 Å². The molecule has 0 saturated carbocycles. The van der Waals surface area contributed by atoms with Crippen molar-refractivity contribution in [3.05, 3.63) is 52.5 Å². The van der Waals surface area contributed by atoms with Gasteiger partial charge in [-0.3, -0.25) is 4.79 Å². The fourth-order valence-corrected chi connectivity index (χ4v) is 2.42. The molecule has 1 amide bonds. The number of hydrogen-bond donors (Lipinski definition) is 1. The molecule has 0 radical (unpaired) electrons. The van der Waals surface area contributed by atoms with Crippen LogP contribution in [-0.2, 0) is 11.3 Å². The number of hydrogen-bond acceptors (Lipinski definition) is 4. The van der Waals surface area contributed by atoms with Gasteiger partial charge in [-0.15, -0.1) is 0 Å². The van der Waals surface area contributed by atoms with Gasteiger partial charge in [0.15, 0.2) is 17.6 Å². The van der Waals surface area contributed by atoms with Gasteiger partial charge in [0.25, 0.3) is 5.91 Å². The fourth-order valence-electron chi connectivity index (χ4n) is 2.30. The number of carbonyl (C=O) groups excluding carboxylic acids is 1. The van der Waals surface area contributed by atoms with E-state index in [4.69, 9.17) is 21.1 Å². The molecule has 0 aliphatic rings. The summed E-state index contributed by atoms with van der Waals surface area (Å²) < 4.78 is 40.0. The van der Waals surface area contributed by atoms with Gasteiger partial charge in [-0.2, -0.15) is 8.78 Å². The Kier molecular flexibility index (Phi) is 7.24. The van der Waals surface area contributed by atoms with Crippen LogP contribution in [0.5, 0.6) is 17.2 Å². The molecule has 5 nitrogen and oxygen atoms in total. The summed E-state index contributed by atoms with van der Waals surface area (Å²) in [6, 6.07) is 9.64. The highest BCUT2D eigenvalue weighted by Gasteiger charge is 2.16. The van der Waals surface area contributed by atoms with Gasteiger partial charge in [0.1, 0.15) is 5.75 Å². The second-order valence-corrected chi connectivity index (χ2v) is 6.16. The molecule has 1 N–H and O–H groups in total. The lowest BCUT2D eigenvalue weighted by atomic mass is 10.2. The van der Waals surface area contributed by atoms with Crippen molar-refractivity contribution in [3.8, 4) is 17.2 Å². The lowest BCUT2D eigenvalue weighted by molar-refractivity contribution is -0.127. The van der Waals surface area contributed by atoms with E-state index in [0.29, 0.717) is 16.3 Å². The van der Waals surface area contributed by atoms with Crippen LogP contribution in [0.2, 0.25) is 5.02 Å². The van der Waals surface area contributed by atoms with Gasteiger partial charge in [0, 0.05) is 11.6 Å². The highest BCUT2D eigenvalue weighted by molar-refractivity contribution is 6.31. The Balaban J connectivity index is 1.96. The Morgan fingerprint density at radius 1 is 1.15 bits per heavy atom. The maximum atomic E-state index is 12.5. The first-order valence-electron chi connectivity index (χ1n) is 8.12. The molecule has 2 aromatic carbocycles. The van der Waals surface area contributed by atoms with E-state index in [1.807, 2.05) is 6.92 Å². The second-order valence-electron chi connectivity index (χ2n) is 5.75. The first kappa shape index (κ1) is 20.8. The molecule has 0 saturated heterocycles. The molecule has 8 heteroatoms. The molecular formula is C19H20ClF2NO4. The largest absolute Gasteiger partial charge is 0.493 e. The average Bonchev–Trinajstić information content (AvgIpc) is 2.62. The standard InChI is InChI=1S/C19H20ClF2NO4/c1-11-8-14(5-6-15(11)20)26-12(2)18(24)23-10-13-4-7-16(25-3)17(9-13)27-19(21)22/h4-9,12,19H,10H2,1-3H3,(H,23,24). The van der Waals surface area contributed by atoms with Crippen molar-refractivity contribution in [2.75, 3.05) is 7.11 Å². The van der Waals surface area contributed by atoms with Gasteiger partial charge in [-0.1, -0.05) is 17.7 Å². The van der Waals surface area contributed by atoms with Crippen LogP contribution in [0, 0.1) is 6.92 Å². The van der Waals surface area contributed by atoms with E-state index in [1.54, 1.807) is 31.2 Å². The van der Waals surface area contributed by atoms with Crippen molar-refractivity contribution in [2.45, 2.75) is 33.1 Å². The van der Waals surface area contributed by atoms with Crippen molar-refractivity contribution in [1.82, 2.24) is 5.32 Å². The van der Waals surface area contributed by atoms with Crippen molar-refractivity contribution in [1.29, 1.82) is 0 Å². The molecule has 0 aliphatic heterocycles. The number of rotatable bonds is 8. The van der Waals surface area contributed by atoms with Gasteiger partial charge >= 0.3 is 6.61 Å². The Morgan fingerprint density at radius 2 is 1.89 bits per heavy atom. The highest BCUT2D eigenvalue weighted by atomic mass is 35.5. The van der Waals surface area contributed by atoms with Crippen LogP contribution in [0.25, 0.3) is 0 Å². The Morgan fingerprint density at radius 3 is 2.52 bits per heavy atom. The molecule has 1 atom stereocenters. The number of carbonyl (C=O) groups is 1. The summed E-state index contributed by atoms with van der Waals surface area (Å²) in [5.41, 5.74) is 1.42. The maximum absolute atomic E-state index is 12.5. The van der Waals surface area contributed by atoms with Crippen molar-refractivity contribution in [2.24, 2.45) is 0 Å². The van der Waals surface area contributed by atoms with Crippen LogP contribution < -0.4 is 19.5 Å². The molecule has 0 fully saturated rings. The molecule has 2 aromatic rings. The molecule has 146 valence electrons. The van der Waals surface area contributed by atoms with E-state index in [-0.39, 0.29) is 24.0 Å². The normalized spacial score (nSPS) is 11.8. The third kappa shape index (κ3) is 5.99. The van der Waals surface area contributed by atoms with Crippen LogP contribution in [0.1, 0.15) is 18.1 Å². The number of methoxy groups -OCH3 is 1. The zero-order valence-electron chi connectivity index (χ0n) is 15.1. The molecule has 0 spiro atoms. The number of ether oxygens (including phenoxy) is 3. The third-order valence-corrected chi connectivity index (χ3v) is 4.15. The first-order valence-corrected chi connectivity index (χ1v) is 8.50. The van der Waals surface area contributed by atoms with Gasteiger partial charge < -0.3 is 19.5 Å². The van der Waals surface area contributed by atoms with Gasteiger partial charge in [0.05, 0.1) is 7.11 Å². The number of aryl methyl sites for hydroxylation is 1. The number of nitrogens with one attached hydrogen (secondary N) is 1. The third-order valence-electron chi connectivity index (χ3n) is 3.72. The minimum absolute atomic E-state index is 0.0970. The number of benzene rings is 2. The first-order chi connectivity index (χ1) is 12.8. The van der Waals surface area contributed by atoms with Crippen molar-refractivity contribution >= 4 is 17.5 Å². The summed E-state index contributed by atoms with van der Waals surface area (Å²) in [7, 11) is 1.35. The van der Waals surface area contributed by atoms with Crippen molar-refractivity contribution < 1.29 is 27.8 Å². The van der Waals surface area contributed by atoms with Gasteiger partial charge in [0.2, 0.25) is 0 Å². The molecular weight excluding hydrogens is 380 g/mol. The topological polar surface area (TPSA) is 56.8 Å². The molecule has 0 bridgehead atoms. The summed E-state index contributed by atoms with van der Waals surface area (Å²) in [4.78, 5) is 12.2. The lowest BCUT2D eigenvalue weighted by Gasteiger charge is -2.16. The van der Waals surface area contributed by atoms with Crippen LogP contribution in [-0.4, -0.2) is 25.7 Å². The van der Waals surface area contributed by atoms with E-state index in [9.17, 15) is 13.6 Å². The molecule has 0 aromatic heterocycles. The van der Waals surface area contributed by atoms with Crippen LogP contribution in [0.3, 0.4) is 0 Å². The minimum Gasteiger partial charge on any atom is -0.493 e.